The van der Waals surface area contributed by atoms with E-state index < -0.39 is 0 Å². The van der Waals surface area contributed by atoms with Crippen molar-refractivity contribution in [3.63, 3.8) is 0 Å². The standard InChI is InChI=1S/C17H21N3O2/c18-11-3-4-15-13(10-11)16(14-2-1-7-19-14)17(21)20(15)12-5-8-22-9-6-12/h3-4,10,12,21H,1-2,5-9,18H2. The van der Waals surface area contributed by atoms with Crippen LogP contribution < -0.4 is 5.73 Å². The van der Waals surface area contributed by atoms with Gasteiger partial charge in [-0.15, -0.1) is 0 Å². The van der Waals surface area contributed by atoms with Crippen LogP contribution in [-0.2, 0) is 4.74 Å². The molecule has 0 amide bonds. The minimum absolute atomic E-state index is 0.274. The van der Waals surface area contributed by atoms with Crippen molar-refractivity contribution in [2.24, 2.45) is 4.99 Å². The normalized spacial score (nSPS) is 19.7. The average Bonchev–Trinajstić information content (AvgIpc) is 3.13. The number of nitrogens with zero attached hydrogens (tertiary/aromatic N) is 2. The number of nitrogen functional groups attached to an aromatic ring is 1. The second-order valence-electron chi connectivity index (χ2n) is 6.12. The summed E-state index contributed by atoms with van der Waals surface area (Å²) in [5.74, 6) is 0.341. The van der Waals surface area contributed by atoms with Gasteiger partial charge in [-0.2, -0.15) is 0 Å². The van der Waals surface area contributed by atoms with Crippen LogP contribution in [0.1, 0.15) is 37.3 Å². The maximum absolute atomic E-state index is 10.9. The van der Waals surface area contributed by atoms with E-state index in [-0.39, 0.29) is 6.04 Å². The molecule has 2 aliphatic heterocycles. The zero-order chi connectivity index (χ0) is 15.1. The molecule has 4 rings (SSSR count). The second-order valence-corrected chi connectivity index (χ2v) is 6.12. The van der Waals surface area contributed by atoms with E-state index >= 15 is 0 Å². The smallest absolute Gasteiger partial charge is 0.201 e. The molecule has 0 bridgehead atoms. The summed E-state index contributed by atoms with van der Waals surface area (Å²) in [6.07, 6.45) is 3.83. The molecule has 1 aromatic carbocycles. The van der Waals surface area contributed by atoms with E-state index in [1.54, 1.807) is 0 Å². The molecule has 0 unspecified atom stereocenters. The van der Waals surface area contributed by atoms with Crippen molar-refractivity contribution >= 4 is 22.3 Å². The summed E-state index contributed by atoms with van der Waals surface area (Å²) >= 11 is 0. The summed E-state index contributed by atoms with van der Waals surface area (Å²) in [7, 11) is 0. The van der Waals surface area contributed by atoms with Crippen molar-refractivity contribution in [2.75, 3.05) is 25.5 Å². The highest BCUT2D eigenvalue weighted by Crippen LogP contribution is 2.39. The monoisotopic (exact) mass is 299 g/mol. The quantitative estimate of drug-likeness (QED) is 0.837. The molecule has 5 heteroatoms. The highest BCUT2D eigenvalue weighted by molar-refractivity contribution is 6.14. The van der Waals surface area contributed by atoms with Crippen LogP contribution in [0.25, 0.3) is 10.9 Å². The molecule has 0 aliphatic carbocycles. The van der Waals surface area contributed by atoms with E-state index in [1.165, 1.54) is 0 Å². The number of rotatable bonds is 2. The summed E-state index contributed by atoms with van der Waals surface area (Å²) in [5.41, 5.74) is 9.64. The number of hydrogen-bond acceptors (Lipinski definition) is 4. The topological polar surface area (TPSA) is 72.8 Å². The van der Waals surface area contributed by atoms with Crippen molar-refractivity contribution in [1.29, 1.82) is 0 Å². The van der Waals surface area contributed by atoms with Crippen LogP contribution in [0.4, 0.5) is 5.69 Å². The molecular formula is C17H21N3O2. The van der Waals surface area contributed by atoms with Gasteiger partial charge in [-0.3, -0.25) is 4.99 Å². The number of hydrogen-bond donors (Lipinski definition) is 2. The predicted octanol–water partition coefficient (Wildman–Crippen LogP) is 2.86. The molecule has 0 radical (unpaired) electrons. The Balaban J connectivity index is 1.94. The highest BCUT2D eigenvalue weighted by atomic mass is 16.5. The predicted molar refractivity (Wildman–Crippen MR) is 87.7 cm³/mol. The Bertz CT molecular complexity index is 742. The fourth-order valence-electron chi connectivity index (χ4n) is 3.66. The van der Waals surface area contributed by atoms with Gasteiger partial charge in [0.1, 0.15) is 0 Å². The Hall–Kier alpha value is -2.01. The van der Waals surface area contributed by atoms with Gasteiger partial charge in [0.05, 0.1) is 11.1 Å². The van der Waals surface area contributed by atoms with Gasteiger partial charge in [0.25, 0.3) is 0 Å². The number of aromatic hydroxyl groups is 1. The number of anilines is 1. The number of fused-ring (bicyclic) bond motifs is 1. The SMILES string of the molecule is Nc1ccc2c(c1)c(C1=NCCC1)c(O)n2C1CCOCC1. The van der Waals surface area contributed by atoms with Crippen molar-refractivity contribution in [3.8, 4) is 5.88 Å². The number of aliphatic imine (C=N–C) groups is 1. The van der Waals surface area contributed by atoms with E-state index in [4.69, 9.17) is 10.5 Å². The molecule has 5 nitrogen and oxygen atoms in total. The zero-order valence-corrected chi connectivity index (χ0v) is 12.6. The van der Waals surface area contributed by atoms with Gasteiger partial charge >= 0.3 is 0 Å². The molecule has 1 saturated heterocycles. The first kappa shape index (κ1) is 13.6. The van der Waals surface area contributed by atoms with E-state index in [1.807, 2.05) is 18.2 Å². The van der Waals surface area contributed by atoms with Gasteiger partial charge in [0.2, 0.25) is 5.88 Å². The number of aromatic nitrogens is 1. The lowest BCUT2D eigenvalue weighted by atomic mass is 10.1. The lowest BCUT2D eigenvalue weighted by molar-refractivity contribution is 0.0688. The van der Waals surface area contributed by atoms with Gasteiger partial charge in [0, 0.05) is 42.6 Å². The van der Waals surface area contributed by atoms with Crippen LogP contribution in [-0.4, -0.2) is 35.1 Å². The van der Waals surface area contributed by atoms with E-state index in [0.717, 1.165) is 73.3 Å². The molecule has 3 N–H and O–H groups in total. The van der Waals surface area contributed by atoms with Gasteiger partial charge in [0.15, 0.2) is 0 Å². The van der Waals surface area contributed by atoms with E-state index in [0.29, 0.717) is 5.88 Å². The fraction of sp³-hybridized carbons (Fsp3) is 0.471. The van der Waals surface area contributed by atoms with Crippen LogP contribution >= 0.6 is 0 Å². The summed E-state index contributed by atoms with van der Waals surface area (Å²) in [4.78, 5) is 4.58. The van der Waals surface area contributed by atoms with E-state index in [9.17, 15) is 5.11 Å². The van der Waals surface area contributed by atoms with Gasteiger partial charge in [-0.25, -0.2) is 0 Å². The molecule has 3 heterocycles. The zero-order valence-electron chi connectivity index (χ0n) is 12.6. The van der Waals surface area contributed by atoms with E-state index in [2.05, 4.69) is 9.56 Å². The third-order valence-corrected chi connectivity index (χ3v) is 4.72. The number of ether oxygens (including phenoxy) is 1. The Morgan fingerprint density at radius 1 is 1.27 bits per heavy atom. The first-order chi connectivity index (χ1) is 10.8. The van der Waals surface area contributed by atoms with Crippen LogP contribution in [0, 0.1) is 0 Å². The third kappa shape index (κ3) is 2.08. The summed E-state index contributed by atoms with van der Waals surface area (Å²) in [6.45, 7) is 2.34. The largest absolute Gasteiger partial charge is 0.494 e. The Morgan fingerprint density at radius 3 is 2.82 bits per heavy atom. The minimum Gasteiger partial charge on any atom is -0.494 e. The summed E-state index contributed by atoms with van der Waals surface area (Å²) in [5, 5.41) is 11.9. The van der Waals surface area contributed by atoms with Crippen LogP contribution in [0.2, 0.25) is 0 Å². The summed E-state index contributed by atoms with van der Waals surface area (Å²) < 4.78 is 7.52. The maximum Gasteiger partial charge on any atom is 0.201 e. The number of nitrogens with two attached hydrogens (primary N) is 1. The minimum atomic E-state index is 0.274. The molecule has 0 saturated carbocycles. The Kier molecular flexibility index (Phi) is 3.30. The van der Waals surface area contributed by atoms with Crippen molar-refractivity contribution < 1.29 is 9.84 Å². The molecular weight excluding hydrogens is 278 g/mol. The molecule has 116 valence electrons. The Labute approximate surface area is 129 Å². The van der Waals surface area contributed by atoms with Crippen molar-refractivity contribution in [1.82, 2.24) is 4.57 Å². The van der Waals surface area contributed by atoms with Crippen LogP contribution in [0.15, 0.2) is 23.2 Å². The molecule has 2 aromatic rings. The molecule has 22 heavy (non-hydrogen) atoms. The summed E-state index contributed by atoms with van der Waals surface area (Å²) in [6, 6.07) is 6.15. The first-order valence-corrected chi connectivity index (χ1v) is 7.99. The highest BCUT2D eigenvalue weighted by Gasteiger charge is 2.27. The molecule has 2 aliphatic rings. The van der Waals surface area contributed by atoms with Crippen molar-refractivity contribution in [2.45, 2.75) is 31.7 Å². The maximum atomic E-state index is 10.9. The molecule has 1 aromatic heterocycles. The molecule has 0 spiro atoms. The lowest BCUT2D eigenvalue weighted by Crippen LogP contribution is -2.19. The second kappa shape index (κ2) is 5.32. The van der Waals surface area contributed by atoms with Gasteiger partial charge in [-0.1, -0.05) is 0 Å². The van der Waals surface area contributed by atoms with Crippen LogP contribution in [0.5, 0.6) is 5.88 Å². The molecule has 1 fully saturated rings. The fourth-order valence-corrected chi connectivity index (χ4v) is 3.66. The third-order valence-electron chi connectivity index (χ3n) is 4.72. The lowest BCUT2D eigenvalue weighted by Gasteiger charge is -2.25. The average molecular weight is 299 g/mol. The van der Waals surface area contributed by atoms with Gasteiger partial charge in [-0.05, 0) is 43.9 Å². The Morgan fingerprint density at radius 2 is 2.09 bits per heavy atom. The van der Waals surface area contributed by atoms with Crippen LogP contribution in [0.3, 0.4) is 0 Å². The van der Waals surface area contributed by atoms with Gasteiger partial charge < -0.3 is 20.1 Å². The van der Waals surface area contributed by atoms with Crippen molar-refractivity contribution in [3.05, 3.63) is 23.8 Å². The molecule has 0 atom stereocenters. The number of benzene rings is 1. The first-order valence-electron chi connectivity index (χ1n) is 7.99.